The molecule has 0 saturated heterocycles. The number of pyridine rings is 1. The highest BCUT2D eigenvalue weighted by Gasteiger charge is 2.27. The van der Waals surface area contributed by atoms with Crippen LogP contribution in [-0.4, -0.2) is 24.6 Å². The highest BCUT2D eigenvalue weighted by molar-refractivity contribution is 5.41. The second-order valence-electron chi connectivity index (χ2n) is 5.15. The van der Waals surface area contributed by atoms with Crippen LogP contribution < -0.4 is 10.6 Å². The van der Waals surface area contributed by atoms with Crippen molar-refractivity contribution in [2.24, 2.45) is 11.7 Å². The fraction of sp³-hybridized carbons (Fsp3) is 0.643. The highest BCUT2D eigenvalue weighted by Crippen LogP contribution is 2.29. The lowest BCUT2D eigenvalue weighted by molar-refractivity contribution is 0.305. The van der Waals surface area contributed by atoms with Crippen molar-refractivity contribution in [2.75, 3.05) is 18.5 Å². The molecule has 2 unspecified atom stereocenters. The molecular weight excluding hydrogens is 210 g/mol. The van der Waals surface area contributed by atoms with Crippen LogP contribution in [-0.2, 0) is 0 Å². The van der Waals surface area contributed by atoms with E-state index in [1.807, 2.05) is 12.3 Å². The summed E-state index contributed by atoms with van der Waals surface area (Å²) in [6.45, 7) is 2.90. The molecule has 94 valence electrons. The van der Waals surface area contributed by atoms with E-state index in [4.69, 9.17) is 5.73 Å². The molecular formula is C14H23N3. The second kappa shape index (κ2) is 5.50. The van der Waals surface area contributed by atoms with E-state index >= 15 is 0 Å². The number of rotatable bonds is 3. The van der Waals surface area contributed by atoms with E-state index in [1.165, 1.54) is 31.2 Å². The van der Waals surface area contributed by atoms with Gasteiger partial charge in [-0.05, 0) is 49.9 Å². The fourth-order valence-electron chi connectivity index (χ4n) is 2.86. The third-order valence-corrected chi connectivity index (χ3v) is 3.93. The van der Waals surface area contributed by atoms with Gasteiger partial charge in [0, 0.05) is 19.3 Å². The Hall–Kier alpha value is -1.09. The number of aromatic nitrogens is 1. The first-order valence-electron chi connectivity index (χ1n) is 6.58. The summed E-state index contributed by atoms with van der Waals surface area (Å²) >= 11 is 0. The average Bonchev–Trinajstić information content (AvgIpc) is 2.38. The molecule has 0 radical (unpaired) electrons. The maximum absolute atomic E-state index is 5.89. The van der Waals surface area contributed by atoms with Crippen LogP contribution in [0.2, 0.25) is 0 Å². The van der Waals surface area contributed by atoms with Crippen LogP contribution in [0.3, 0.4) is 0 Å². The smallest absolute Gasteiger partial charge is 0.128 e. The van der Waals surface area contributed by atoms with E-state index in [0.717, 1.165) is 12.4 Å². The third kappa shape index (κ3) is 2.78. The van der Waals surface area contributed by atoms with Crippen molar-refractivity contribution in [3.63, 3.8) is 0 Å². The lowest BCUT2D eigenvalue weighted by Crippen LogP contribution is -2.43. The Morgan fingerprint density at radius 3 is 2.88 bits per heavy atom. The molecule has 0 aromatic carbocycles. The van der Waals surface area contributed by atoms with Crippen molar-refractivity contribution >= 4 is 5.82 Å². The van der Waals surface area contributed by atoms with Gasteiger partial charge in [-0.15, -0.1) is 0 Å². The maximum Gasteiger partial charge on any atom is 0.128 e. The monoisotopic (exact) mass is 233 g/mol. The molecule has 0 bridgehead atoms. The van der Waals surface area contributed by atoms with Crippen LogP contribution >= 0.6 is 0 Å². The molecule has 1 saturated carbocycles. The van der Waals surface area contributed by atoms with E-state index in [0.29, 0.717) is 12.0 Å². The van der Waals surface area contributed by atoms with Crippen LogP contribution in [0, 0.1) is 12.8 Å². The van der Waals surface area contributed by atoms with Crippen molar-refractivity contribution in [3.8, 4) is 0 Å². The van der Waals surface area contributed by atoms with Crippen LogP contribution in [0.15, 0.2) is 18.3 Å². The lowest BCUT2D eigenvalue weighted by Gasteiger charge is -2.38. The number of nitrogens with zero attached hydrogens (tertiary/aromatic N) is 2. The number of hydrogen-bond donors (Lipinski definition) is 1. The average molecular weight is 233 g/mol. The summed E-state index contributed by atoms with van der Waals surface area (Å²) in [7, 11) is 2.15. The molecule has 1 fully saturated rings. The molecule has 1 heterocycles. The quantitative estimate of drug-likeness (QED) is 0.871. The molecule has 0 spiro atoms. The Labute approximate surface area is 104 Å². The molecule has 0 amide bonds. The van der Waals surface area contributed by atoms with Gasteiger partial charge in [-0.3, -0.25) is 0 Å². The molecule has 2 rings (SSSR count). The minimum atomic E-state index is 0.558. The first kappa shape index (κ1) is 12.4. The minimum absolute atomic E-state index is 0.558. The number of anilines is 1. The first-order chi connectivity index (χ1) is 8.22. The van der Waals surface area contributed by atoms with Gasteiger partial charge in [-0.25, -0.2) is 4.98 Å². The van der Waals surface area contributed by atoms with Crippen molar-refractivity contribution in [1.29, 1.82) is 0 Å². The summed E-state index contributed by atoms with van der Waals surface area (Å²) in [6, 6.07) is 4.75. The Morgan fingerprint density at radius 2 is 2.18 bits per heavy atom. The number of nitrogens with two attached hydrogens (primary N) is 1. The Balaban J connectivity index is 2.15. The van der Waals surface area contributed by atoms with E-state index in [1.54, 1.807) is 0 Å². The van der Waals surface area contributed by atoms with E-state index in [9.17, 15) is 0 Å². The van der Waals surface area contributed by atoms with Gasteiger partial charge in [0.15, 0.2) is 0 Å². The van der Waals surface area contributed by atoms with Crippen molar-refractivity contribution in [1.82, 2.24) is 4.98 Å². The van der Waals surface area contributed by atoms with Crippen LogP contribution in [0.1, 0.15) is 31.2 Å². The highest BCUT2D eigenvalue weighted by atomic mass is 15.2. The standard InChI is InChI=1S/C14H23N3/c1-11-7-8-16-14(9-11)17(2)13-6-4-3-5-12(13)10-15/h7-9,12-13H,3-6,10,15H2,1-2H3. The largest absolute Gasteiger partial charge is 0.356 e. The molecule has 1 aromatic rings. The summed E-state index contributed by atoms with van der Waals surface area (Å²) in [5.41, 5.74) is 7.16. The molecule has 3 nitrogen and oxygen atoms in total. The Kier molecular flexibility index (Phi) is 4.00. The van der Waals surface area contributed by atoms with Gasteiger partial charge in [0.25, 0.3) is 0 Å². The molecule has 2 atom stereocenters. The zero-order chi connectivity index (χ0) is 12.3. The van der Waals surface area contributed by atoms with Crippen LogP contribution in [0.5, 0.6) is 0 Å². The topological polar surface area (TPSA) is 42.2 Å². The summed E-state index contributed by atoms with van der Waals surface area (Å²) in [4.78, 5) is 6.79. The normalized spacial score (nSPS) is 24.6. The van der Waals surface area contributed by atoms with Gasteiger partial charge in [-0.2, -0.15) is 0 Å². The maximum atomic E-state index is 5.89. The van der Waals surface area contributed by atoms with Crippen LogP contribution in [0.4, 0.5) is 5.82 Å². The zero-order valence-corrected chi connectivity index (χ0v) is 10.9. The van der Waals surface area contributed by atoms with Crippen molar-refractivity contribution < 1.29 is 0 Å². The van der Waals surface area contributed by atoms with Gasteiger partial charge in [0.1, 0.15) is 5.82 Å². The fourth-order valence-corrected chi connectivity index (χ4v) is 2.86. The van der Waals surface area contributed by atoms with Gasteiger partial charge >= 0.3 is 0 Å². The van der Waals surface area contributed by atoms with Crippen molar-refractivity contribution in [3.05, 3.63) is 23.9 Å². The molecule has 0 aliphatic heterocycles. The Bertz CT molecular complexity index is 364. The van der Waals surface area contributed by atoms with Gasteiger partial charge in [0.2, 0.25) is 0 Å². The third-order valence-electron chi connectivity index (χ3n) is 3.93. The van der Waals surface area contributed by atoms with E-state index in [-0.39, 0.29) is 0 Å². The van der Waals surface area contributed by atoms with Gasteiger partial charge in [0.05, 0.1) is 0 Å². The lowest BCUT2D eigenvalue weighted by atomic mass is 9.83. The summed E-state index contributed by atoms with van der Waals surface area (Å²) in [6.07, 6.45) is 7.04. The molecule has 1 aliphatic rings. The first-order valence-corrected chi connectivity index (χ1v) is 6.58. The predicted octanol–water partition coefficient (Wildman–Crippen LogP) is 2.34. The molecule has 17 heavy (non-hydrogen) atoms. The van der Waals surface area contributed by atoms with E-state index in [2.05, 4.69) is 29.9 Å². The summed E-state index contributed by atoms with van der Waals surface area (Å²) in [5.74, 6) is 1.70. The molecule has 1 aliphatic carbocycles. The summed E-state index contributed by atoms with van der Waals surface area (Å²) < 4.78 is 0. The number of hydrogen-bond acceptors (Lipinski definition) is 3. The number of aryl methyl sites for hydroxylation is 1. The minimum Gasteiger partial charge on any atom is -0.356 e. The molecule has 1 aromatic heterocycles. The summed E-state index contributed by atoms with van der Waals surface area (Å²) in [5, 5.41) is 0. The zero-order valence-electron chi connectivity index (χ0n) is 10.9. The van der Waals surface area contributed by atoms with E-state index < -0.39 is 0 Å². The predicted molar refractivity (Wildman–Crippen MR) is 72.2 cm³/mol. The molecule has 2 N–H and O–H groups in total. The Morgan fingerprint density at radius 1 is 1.41 bits per heavy atom. The van der Waals surface area contributed by atoms with Gasteiger partial charge < -0.3 is 10.6 Å². The van der Waals surface area contributed by atoms with Crippen LogP contribution in [0.25, 0.3) is 0 Å². The van der Waals surface area contributed by atoms with Crippen molar-refractivity contribution in [2.45, 2.75) is 38.6 Å². The van der Waals surface area contributed by atoms with Gasteiger partial charge in [-0.1, -0.05) is 12.8 Å². The SMILES string of the molecule is Cc1ccnc(N(C)C2CCCCC2CN)c1. The molecule has 3 heteroatoms. The second-order valence-corrected chi connectivity index (χ2v) is 5.15.